The van der Waals surface area contributed by atoms with E-state index < -0.39 is 0 Å². The number of halogens is 3. The Morgan fingerprint density at radius 1 is 0.909 bits per heavy atom. The molecule has 0 amide bonds. The Morgan fingerprint density at radius 2 is 1.64 bits per heavy atom. The predicted molar refractivity (Wildman–Crippen MR) is 91.1 cm³/mol. The minimum absolute atomic E-state index is 0.142. The summed E-state index contributed by atoms with van der Waals surface area (Å²) in [7, 11) is 0. The molecule has 114 valence electrons. The van der Waals surface area contributed by atoms with Crippen LogP contribution in [0.4, 0.5) is 0 Å². The van der Waals surface area contributed by atoms with Crippen molar-refractivity contribution < 1.29 is 4.74 Å². The van der Waals surface area contributed by atoms with Gasteiger partial charge in [0.25, 0.3) is 0 Å². The second kappa shape index (κ2) is 5.70. The fourth-order valence-corrected chi connectivity index (χ4v) is 4.27. The predicted octanol–water partition coefficient (Wildman–Crippen LogP) is 5.05. The Hall–Kier alpha value is -0.770. The summed E-state index contributed by atoms with van der Waals surface area (Å²) in [5.74, 6) is 0. The van der Waals surface area contributed by atoms with Gasteiger partial charge in [-0.05, 0) is 41.0 Å². The van der Waals surface area contributed by atoms with E-state index in [1.165, 1.54) is 5.56 Å². The third-order valence-corrected chi connectivity index (χ3v) is 5.12. The molecule has 2 nitrogen and oxygen atoms in total. The molecule has 0 unspecified atom stereocenters. The minimum atomic E-state index is 0.142. The molecule has 0 aromatic heterocycles. The van der Waals surface area contributed by atoms with Gasteiger partial charge in [-0.3, -0.25) is 4.90 Å². The Labute approximate surface area is 144 Å². The highest BCUT2D eigenvalue weighted by Gasteiger charge is 2.35. The van der Waals surface area contributed by atoms with E-state index >= 15 is 0 Å². The largest absolute Gasteiger partial charge is 0.379 e. The van der Waals surface area contributed by atoms with Crippen LogP contribution in [0, 0.1) is 0 Å². The number of morpholine rings is 1. The summed E-state index contributed by atoms with van der Waals surface area (Å²) in [4.78, 5) is 2.41. The summed E-state index contributed by atoms with van der Waals surface area (Å²) in [5, 5.41) is 2.11. The highest BCUT2D eigenvalue weighted by molar-refractivity contribution is 6.37. The molecule has 1 aliphatic carbocycles. The van der Waals surface area contributed by atoms with Gasteiger partial charge in [0.15, 0.2) is 0 Å². The van der Waals surface area contributed by atoms with Crippen molar-refractivity contribution in [3.05, 3.63) is 56.5 Å². The molecule has 22 heavy (non-hydrogen) atoms. The van der Waals surface area contributed by atoms with Crippen molar-refractivity contribution in [1.29, 1.82) is 0 Å². The first kappa shape index (κ1) is 14.8. The lowest BCUT2D eigenvalue weighted by atomic mass is 10.0. The molecule has 0 radical (unpaired) electrons. The first-order chi connectivity index (χ1) is 10.6. The molecule has 0 bridgehead atoms. The van der Waals surface area contributed by atoms with Crippen LogP contribution in [0.25, 0.3) is 11.1 Å². The number of hydrogen-bond donors (Lipinski definition) is 0. The molecule has 0 spiro atoms. The molecule has 1 fully saturated rings. The summed E-state index contributed by atoms with van der Waals surface area (Å²) >= 11 is 19.0. The van der Waals surface area contributed by atoms with Gasteiger partial charge in [-0.1, -0.05) is 40.9 Å². The lowest BCUT2D eigenvalue weighted by Crippen LogP contribution is -2.38. The summed E-state index contributed by atoms with van der Waals surface area (Å²) in [6.07, 6.45) is 0. The average Bonchev–Trinajstić information content (AvgIpc) is 2.81. The molecule has 1 atom stereocenters. The lowest BCUT2D eigenvalue weighted by Gasteiger charge is -2.33. The highest BCUT2D eigenvalue weighted by Crippen LogP contribution is 2.51. The van der Waals surface area contributed by atoms with E-state index in [2.05, 4.69) is 11.0 Å². The van der Waals surface area contributed by atoms with Crippen LogP contribution in [0.1, 0.15) is 17.2 Å². The normalized spacial score (nSPS) is 20.8. The zero-order chi connectivity index (χ0) is 15.3. The topological polar surface area (TPSA) is 12.5 Å². The van der Waals surface area contributed by atoms with Gasteiger partial charge in [-0.2, -0.15) is 0 Å². The molecule has 0 N–H and O–H groups in total. The van der Waals surface area contributed by atoms with Crippen LogP contribution in [0.15, 0.2) is 30.3 Å². The Balaban J connectivity index is 1.93. The van der Waals surface area contributed by atoms with E-state index in [1.54, 1.807) is 0 Å². The van der Waals surface area contributed by atoms with Crippen molar-refractivity contribution in [3.8, 4) is 11.1 Å². The van der Waals surface area contributed by atoms with Crippen molar-refractivity contribution in [2.75, 3.05) is 26.3 Å². The number of nitrogens with zero attached hydrogens (tertiary/aromatic N) is 1. The average molecular weight is 355 g/mol. The van der Waals surface area contributed by atoms with Crippen molar-refractivity contribution >= 4 is 34.8 Å². The van der Waals surface area contributed by atoms with E-state index in [4.69, 9.17) is 39.5 Å². The van der Waals surface area contributed by atoms with E-state index in [9.17, 15) is 0 Å². The Bertz CT molecular complexity index is 741. The monoisotopic (exact) mass is 353 g/mol. The number of hydrogen-bond acceptors (Lipinski definition) is 2. The van der Waals surface area contributed by atoms with Gasteiger partial charge in [0.1, 0.15) is 0 Å². The van der Waals surface area contributed by atoms with E-state index in [1.807, 2.05) is 24.3 Å². The highest BCUT2D eigenvalue weighted by atomic mass is 35.5. The van der Waals surface area contributed by atoms with Gasteiger partial charge < -0.3 is 4.74 Å². The number of benzene rings is 2. The van der Waals surface area contributed by atoms with Crippen molar-refractivity contribution in [1.82, 2.24) is 4.90 Å². The van der Waals surface area contributed by atoms with Crippen molar-refractivity contribution in [3.63, 3.8) is 0 Å². The second-order valence-electron chi connectivity index (χ2n) is 5.63. The first-order valence-electron chi connectivity index (χ1n) is 7.26. The number of rotatable bonds is 1. The maximum atomic E-state index is 6.49. The Kier molecular flexibility index (Phi) is 3.83. The molecule has 5 heteroatoms. The SMILES string of the molecule is Clc1ccc2c(c1)[C@H](N1CCOCC1)c1cc(Cl)cc(Cl)c1-2. The minimum Gasteiger partial charge on any atom is -0.379 e. The fraction of sp³-hybridized carbons (Fsp3) is 0.294. The van der Waals surface area contributed by atoms with E-state index in [-0.39, 0.29) is 6.04 Å². The maximum absolute atomic E-state index is 6.49. The summed E-state index contributed by atoms with van der Waals surface area (Å²) in [5.41, 5.74) is 4.59. The molecule has 1 heterocycles. The summed E-state index contributed by atoms with van der Waals surface area (Å²) in [6, 6.07) is 9.98. The molecule has 4 rings (SSSR count). The number of ether oxygens (including phenoxy) is 1. The molecule has 2 aromatic carbocycles. The maximum Gasteiger partial charge on any atom is 0.0617 e. The van der Waals surface area contributed by atoms with Crippen molar-refractivity contribution in [2.24, 2.45) is 0 Å². The van der Waals surface area contributed by atoms with Gasteiger partial charge >= 0.3 is 0 Å². The molecular formula is C17H14Cl3NO. The Morgan fingerprint density at radius 3 is 2.41 bits per heavy atom. The summed E-state index contributed by atoms with van der Waals surface area (Å²) in [6.45, 7) is 3.27. The third kappa shape index (κ3) is 2.34. The second-order valence-corrected chi connectivity index (χ2v) is 6.91. The van der Waals surface area contributed by atoms with Crippen LogP contribution in [-0.2, 0) is 4.74 Å². The van der Waals surface area contributed by atoms with Gasteiger partial charge in [-0.15, -0.1) is 0 Å². The van der Waals surface area contributed by atoms with Gasteiger partial charge in [0.05, 0.1) is 24.3 Å². The van der Waals surface area contributed by atoms with Crippen LogP contribution in [0.2, 0.25) is 15.1 Å². The van der Waals surface area contributed by atoms with Crippen LogP contribution >= 0.6 is 34.8 Å². The van der Waals surface area contributed by atoms with Crippen LogP contribution < -0.4 is 0 Å². The molecular weight excluding hydrogens is 341 g/mol. The molecule has 2 aromatic rings. The van der Waals surface area contributed by atoms with Crippen LogP contribution in [-0.4, -0.2) is 31.2 Å². The van der Waals surface area contributed by atoms with E-state index in [0.717, 1.165) is 48.0 Å². The molecule has 0 saturated carbocycles. The number of fused-ring (bicyclic) bond motifs is 3. The fourth-order valence-electron chi connectivity index (χ4n) is 3.48. The zero-order valence-corrected chi connectivity index (χ0v) is 14.0. The van der Waals surface area contributed by atoms with E-state index in [0.29, 0.717) is 10.0 Å². The zero-order valence-electron chi connectivity index (χ0n) is 11.8. The molecule has 1 aliphatic heterocycles. The third-order valence-electron chi connectivity index (χ3n) is 4.37. The molecule has 2 aliphatic rings. The standard InChI is InChI=1S/C17H14Cl3NO/c18-10-1-2-12-13(7-10)17(21-3-5-22-6-4-21)14-8-11(19)9-15(20)16(12)14/h1-2,7-9,17H,3-6H2/t17-/m0/s1. The van der Waals surface area contributed by atoms with Gasteiger partial charge in [0, 0.05) is 28.7 Å². The first-order valence-corrected chi connectivity index (χ1v) is 8.39. The lowest BCUT2D eigenvalue weighted by molar-refractivity contribution is 0.0247. The van der Waals surface area contributed by atoms with Crippen LogP contribution in [0.3, 0.4) is 0 Å². The quantitative estimate of drug-likeness (QED) is 0.710. The molecule has 1 saturated heterocycles. The van der Waals surface area contributed by atoms with Gasteiger partial charge in [0.2, 0.25) is 0 Å². The van der Waals surface area contributed by atoms with Gasteiger partial charge in [-0.25, -0.2) is 0 Å². The van der Waals surface area contributed by atoms with Crippen LogP contribution in [0.5, 0.6) is 0 Å². The van der Waals surface area contributed by atoms with Crippen molar-refractivity contribution in [2.45, 2.75) is 6.04 Å². The smallest absolute Gasteiger partial charge is 0.0617 e. The summed E-state index contributed by atoms with van der Waals surface area (Å²) < 4.78 is 5.49.